The molecule has 126 valence electrons. The molecule has 4 N–H and O–H groups in total. The lowest BCUT2D eigenvalue weighted by Gasteiger charge is -2.11. The molecule has 0 fully saturated rings. The first-order valence-electron chi connectivity index (χ1n) is 19.6. The van der Waals surface area contributed by atoms with Crippen LogP contribution in [0.1, 0.15) is 119 Å². The smallest absolute Gasteiger partial charge is 0.119 e. The Hall–Kier alpha value is -0.380. The molecule has 0 saturated heterocycles. The molecule has 0 saturated carbocycles. The van der Waals surface area contributed by atoms with E-state index in [4.69, 9.17) is 38.5 Å². The topological polar surface area (TPSA) is 66.5 Å². The molecule has 3 heteroatoms. The molecule has 21 heavy (non-hydrogen) atoms. The second kappa shape index (κ2) is 16.0. The normalized spacial score (nSPS) is 45.9. The SMILES string of the molecule is [2H]/C(=C(/[2H])[C@@]([2H])(O)[C@@]([2H])(N([2H])[2H])C([2H])([2H])O)C([2H])([2H])C([2H])([2H])C([2H])([2H])C([2H])([2H])C([2H])([2H])C([2H])([2H])C([2H])([2H])C([2H])([2H])C([2H])([2H])C([2H])([2H])CCC. The fraction of sp³-hybridized carbons (Fsp3) is 0.889. The van der Waals surface area contributed by atoms with E-state index in [0.717, 1.165) is 0 Å². The maximum absolute atomic E-state index is 10.5. The summed E-state index contributed by atoms with van der Waals surface area (Å²) in [5.74, 6) is 0. The molecular formula is C18H37NO2. The van der Waals surface area contributed by atoms with Gasteiger partial charge in [0.25, 0.3) is 0 Å². The Balaban J connectivity index is 7.63. The first-order chi connectivity index (χ1) is 20.8. The third-order valence-corrected chi connectivity index (χ3v) is 1.54. The van der Waals surface area contributed by atoms with Gasteiger partial charge in [0.05, 0.1) is 26.9 Å². The molecule has 0 amide bonds. The van der Waals surface area contributed by atoms with Crippen LogP contribution in [0.3, 0.4) is 0 Å². The zero-order chi connectivity index (χ0) is 40.6. The van der Waals surface area contributed by atoms with Crippen LogP contribution in [0.5, 0.6) is 0 Å². The van der Waals surface area contributed by atoms with Crippen molar-refractivity contribution < 1.29 is 48.7 Å². The minimum atomic E-state index is -4.92. The number of rotatable bonds is 16. The predicted octanol–water partition coefficient (Wildman–Crippen LogP) is 3.92. The Labute approximate surface area is 171 Å². The molecule has 2 atom stereocenters. The molecule has 0 aromatic heterocycles. The molecule has 0 aliphatic rings. The summed E-state index contributed by atoms with van der Waals surface area (Å²) < 4.78 is 223. The average Bonchev–Trinajstić information content (AvgIpc) is 2.89. The van der Waals surface area contributed by atoms with Gasteiger partial charge in [-0.2, -0.15) is 0 Å². The lowest BCUT2D eigenvalue weighted by molar-refractivity contribution is 0.144. The van der Waals surface area contributed by atoms with Crippen molar-refractivity contribution in [2.75, 3.05) is 6.56 Å². The Bertz CT molecular complexity index is 1230. The third-order valence-electron chi connectivity index (χ3n) is 1.54. The maximum Gasteiger partial charge on any atom is 0.119 e. The molecule has 0 unspecified atom stereocenters. The Morgan fingerprint density at radius 3 is 2.24 bits per heavy atom. The highest BCUT2D eigenvalue weighted by Gasteiger charge is 2.08. The van der Waals surface area contributed by atoms with E-state index >= 15 is 0 Å². The van der Waals surface area contributed by atoms with Gasteiger partial charge in [0, 0.05) is 27.4 Å². The summed E-state index contributed by atoms with van der Waals surface area (Å²) in [7, 11) is 0. The monoisotopic (exact) mass is 327 g/mol. The van der Waals surface area contributed by atoms with Crippen molar-refractivity contribution in [1.29, 1.82) is 0 Å². The van der Waals surface area contributed by atoms with Crippen LogP contribution >= 0.6 is 0 Å². The highest BCUT2D eigenvalue weighted by molar-refractivity contribution is 4.93. The second-order valence-electron chi connectivity index (χ2n) is 3.11. The van der Waals surface area contributed by atoms with E-state index in [2.05, 4.69) is 0 Å². The molecule has 0 aromatic carbocycles. The molecule has 0 radical (unpaired) electrons. The standard InChI is InChI=1S/C18H37NO2/c1-2-3-4-5-6-7-8-9-10-11-12-13-14-15-18(21)17(19)16-20/h14-15,17-18,20-21H,2-13,16,19H2,1H3/b15-14+/t17-,18+/m0/s1/i4D2,5D2,6D2,7D2,8D2,9D2,10D2,11D2,12D2,13D2,14D,15D,16D2,17D,18D/hD2. The Kier molecular flexibility index (Phi) is 2.67. The van der Waals surface area contributed by atoms with Gasteiger partial charge >= 0.3 is 0 Å². The zero-order valence-electron chi connectivity index (χ0n) is 39.3. The summed E-state index contributed by atoms with van der Waals surface area (Å²) >= 11 is 0. The summed E-state index contributed by atoms with van der Waals surface area (Å²) in [4.78, 5) is 0. The first-order valence-corrected chi connectivity index (χ1v) is 5.73. The van der Waals surface area contributed by atoms with Crippen molar-refractivity contribution >= 4 is 0 Å². The third kappa shape index (κ3) is 14.3. The average molecular weight is 328 g/mol. The Morgan fingerprint density at radius 2 is 1.71 bits per heavy atom. The van der Waals surface area contributed by atoms with E-state index in [1.165, 1.54) is 6.92 Å². The molecule has 3 nitrogen and oxygen atoms in total. The van der Waals surface area contributed by atoms with Crippen LogP contribution in [0.25, 0.3) is 0 Å². The van der Waals surface area contributed by atoms with Crippen LogP contribution in [0.2, 0.25) is 2.82 Å². The summed E-state index contributed by atoms with van der Waals surface area (Å²) in [5, 5.41) is 20.1. The van der Waals surface area contributed by atoms with Gasteiger partial charge in [0.15, 0.2) is 0 Å². The number of allylic oxidation sites excluding steroid dienone is 1. The molecule has 0 aromatic rings. The van der Waals surface area contributed by atoms with E-state index in [1.807, 2.05) is 0 Å². The van der Waals surface area contributed by atoms with Gasteiger partial charge in [-0.1, -0.05) is 82.9 Å². The van der Waals surface area contributed by atoms with Crippen LogP contribution in [-0.4, -0.2) is 28.9 Å². The minimum absolute atomic E-state index is 0.149. The summed E-state index contributed by atoms with van der Waals surface area (Å²) in [5.41, 5.74) is -1.18. The molecule has 0 heterocycles. The highest BCUT2D eigenvalue weighted by atomic mass is 16.3. The van der Waals surface area contributed by atoms with Crippen LogP contribution in [-0.2, 0) is 0 Å². The fourth-order valence-corrected chi connectivity index (χ4v) is 0.684. The molecule has 0 aliphatic heterocycles. The van der Waals surface area contributed by atoms with Gasteiger partial charge in [-0.25, -0.2) is 0 Å². The van der Waals surface area contributed by atoms with Gasteiger partial charge in [0.1, 0.15) is 2.82 Å². The molecule has 0 spiro atoms. The second-order valence-corrected chi connectivity index (χ2v) is 3.11. The van der Waals surface area contributed by atoms with Crippen molar-refractivity contribution in [1.82, 2.24) is 0 Å². The fourth-order valence-electron chi connectivity index (χ4n) is 0.684. The lowest BCUT2D eigenvalue weighted by atomic mass is 10.0. The van der Waals surface area contributed by atoms with Crippen molar-refractivity contribution in [3.8, 4) is 0 Å². The lowest BCUT2D eigenvalue weighted by Crippen LogP contribution is -2.36. The number of aliphatic hydroxyl groups is 2. The molecule has 0 aliphatic carbocycles. The van der Waals surface area contributed by atoms with Gasteiger partial charge in [0.2, 0.25) is 0 Å². The first kappa shape index (κ1) is 3.50. The molecule has 0 rings (SSSR count). The van der Waals surface area contributed by atoms with Crippen molar-refractivity contribution in [2.45, 2.75) is 95.6 Å². The zero-order valence-corrected chi connectivity index (χ0v) is 11.3. The van der Waals surface area contributed by atoms with Gasteiger partial charge < -0.3 is 15.9 Å². The number of hydrogen-bond donors (Lipinski definition) is 3. The van der Waals surface area contributed by atoms with E-state index in [0.29, 0.717) is 0 Å². The highest BCUT2D eigenvalue weighted by Crippen LogP contribution is 2.12. The van der Waals surface area contributed by atoms with Crippen LogP contribution < -0.4 is 5.72 Å². The maximum atomic E-state index is 10.5. The van der Waals surface area contributed by atoms with Crippen molar-refractivity contribution in [2.24, 2.45) is 5.72 Å². The quantitative estimate of drug-likeness (QED) is 0.376. The minimum Gasteiger partial charge on any atom is -0.395 e. The van der Waals surface area contributed by atoms with Crippen LogP contribution in [0.15, 0.2) is 12.1 Å². The summed E-state index contributed by atoms with van der Waals surface area (Å²) in [6, 6.07) is -9.20. The van der Waals surface area contributed by atoms with Crippen molar-refractivity contribution in [3.63, 3.8) is 0 Å². The van der Waals surface area contributed by atoms with Crippen LogP contribution in [0.4, 0.5) is 0 Å². The summed E-state index contributed by atoms with van der Waals surface area (Å²) in [6.45, 7) is -2.98. The summed E-state index contributed by atoms with van der Waals surface area (Å²) in [6.07, 6.45) is -50.7. The Morgan fingerprint density at radius 1 is 1.14 bits per heavy atom. The predicted molar refractivity (Wildman–Crippen MR) is 91.3 cm³/mol. The van der Waals surface area contributed by atoms with E-state index in [1.54, 1.807) is 0 Å². The molecular weight excluding hydrogens is 262 g/mol. The van der Waals surface area contributed by atoms with Gasteiger partial charge in [-0.3, -0.25) is 0 Å². The number of hydrogen-bond acceptors (Lipinski definition) is 3. The van der Waals surface area contributed by atoms with E-state index in [-0.39, 0.29) is 6.42 Å². The van der Waals surface area contributed by atoms with Gasteiger partial charge in [-0.15, -0.1) is 0 Å². The molecule has 0 bridgehead atoms. The van der Waals surface area contributed by atoms with E-state index < -0.39 is 107 Å². The van der Waals surface area contributed by atoms with E-state index in [9.17, 15) is 10.2 Å². The van der Waals surface area contributed by atoms with Crippen LogP contribution in [0, 0.1) is 0 Å². The van der Waals surface area contributed by atoms with Gasteiger partial charge in [-0.05, 0) is 12.7 Å². The largest absolute Gasteiger partial charge is 0.395 e. The van der Waals surface area contributed by atoms with Crippen molar-refractivity contribution in [3.05, 3.63) is 12.1 Å². The number of nitrogens with two attached hydrogens (primary N) is 1.